The monoisotopic (exact) mass is 421 g/mol. The van der Waals surface area contributed by atoms with Crippen LogP contribution in [0.2, 0.25) is 0 Å². The Kier molecular flexibility index (Phi) is 6.29. The highest BCUT2D eigenvalue weighted by atomic mass is 19.4. The van der Waals surface area contributed by atoms with Crippen LogP contribution in [-0.4, -0.2) is 32.7 Å². The van der Waals surface area contributed by atoms with Gasteiger partial charge in [0.15, 0.2) is 6.61 Å². The van der Waals surface area contributed by atoms with E-state index in [0.29, 0.717) is 11.1 Å². The molecule has 1 heterocycles. The van der Waals surface area contributed by atoms with Crippen LogP contribution in [0.15, 0.2) is 53.7 Å². The number of rotatable bonds is 5. The van der Waals surface area contributed by atoms with Crippen molar-refractivity contribution in [3.8, 4) is 5.75 Å². The zero-order valence-electron chi connectivity index (χ0n) is 16.2. The lowest BCUT2D eigenvalue weighted by atomic mass is 10.0. The average Bonchev–Trinajstić information content (AvgIpc) is 2.74. The molecular formula is C21H18F3NO5. The smallest absolute Gasteiger partial charge is 0.416 e. The lowest BCUT2D eigenvalue weighted by Crippen LogP contribution is -2.19. The van der Waals surface area contributed by atoms with E-state index in [9.17, 15) is 18.0 Å². The van der Waals surface area contributed by atoms with E-state index in [-0.39, 0.29) is 36.1 Å². The van der Waals surface area contributed by atoms with Gasteiger partial charge in [0.1, 0.15) is 23.6 Å². The van der Waals surface area contributed by atoms with Gasteiger partial charge in [-0.25, -0.2) is 9.79 Å². The fraction of sp³-hybridized carbons (Fsp3) is 0.238. The maximum Gasteiger partial charge on any atom is 0.416 e. The number of hydrogen-bond donors (Lipinski definition) is 0. The topological polar surface area (TPSA) is 66.4 Å². The quantitative estimate of drug-likeness (QED) is 0.404. The van der Waals surface area contributed by atoms with Crippen LogP contribution in [0.4, 0.5) is 18.9 Å². The summed E-state index contributed by atoms with van der Waals surface area (Å²) in [6.07, 6.45) is -3.22. The first-order valence-corrected chi connectivity index (χ1v) is 8.77. The summed E-state index contributed by atoms with van der Waals surface area (Å²) in [4.78, 5) is 16.2. The van der Waals surface area contributed by atoms with Crippen LogP contribution in [0.3, 0.4) is 0 Å². The molecule has 9 heteroatoms. The Morgan fingerprint density at radius 1 is 1.20 bits per heavy atom. The number of carbonyl (C=O) groups is 1. The predicted octanol–water partition coefficient (Wildman–Crippen LogP) is 4.50. The van der Waals surface area contributed by atoms with E-state index in [1.165, 1.54) is 26.5 Å². The van der Waals surface area contributed by atoms with E-state index in [0.717, 1.165) is 12.1 Å². The summed E-state index contributed by atoms with van der Waals surface area (Å²) in [5.74, 6) is -0.227. The van der Waals surface area contributed by atoms with Gasteiger partial charge >= 0.3 is 12.1 Å². The molecular weight excluding hydrogens is 403 g/mol. The SMILES string of the molecule is CO/C=C(/C(=O)OC)c1ccccc1COC1=Nc2cc(C(F)(F)F)ccc2OC1. The first-order valence-electron chi connectivity index (χ1n) is 8.77. The lowest BCUT2D eigenvalue weighted by molar-refractivity contribution is -0.137. The number of halogens is 3. The highest BCUT2D eigenvalue weighted by Crippen LogP contribution is 2.38. The van der Waals surface area contributed by atoms with E-state index < -0.39 is 17.7 Å². The van der Waals surface area contributed by atoms with Gasteiger partial charge in [-0.1, -0.05) is 24.3 Å². The molecule has 2 aromatic carbocycles. The number of esters is 1. The van der Waals surface area contributed by atoms with Crippen LogP contribution >= 0.6 is 0 Å². The van der Waals surface area contributed by atoms with Crippen molar-refractivity contribution in [3.05, 3.63) is 65.4 Å². The molecule has 6 nitrogen and oxygen atoms in total. The molecule has 1 aliphatic heterocycles. The molecule has 0 bridgehead atoms. The minimum Gasteiger partial charge on any atom is -0.503 e. The first-order chi connectivity index (χ1) is 14.3. The number of alkyl halides is 3. The number of nitrogens with zero attached hydrogens (tertiary/aromatic N) is 1. The summed E-state index contributed by atoms with van der Waals surface area (Å²) in [5.41, 5.74) is 0.565. The number of ether oxygens (including phenoxy) is 4. The molecule has 158 valence electrons. The van der Waals surface area contributed by atoms with Crippen LogP contribution in [0.5, 0.6) is 5.75 Å². The summed E-state index contributed by atoms with van der Waals surface area (Å²) in [6.45, 7) is -0.0248. The van der Waals surface area contributed by atoms with Crippen molar-refractivity contribution < 1.29 is 36.9 Å². The predicted molar refractivity (Wildman–Crippen MR) is 102 cm³/mol. The number of benzene rings is 2. The minimum atomic E-state index is -4.49. The van der Waals surface area contributed by atoms with Crippen molar-refractivity contribution in [3.63, 3.8) is 0 Å². The highest BCUT2D eigenvalue weighted by Gasteiger charge is 2.32. The number of fused-ring (bicyclic) bond motifs is 1. The van der Waals surface area contributed by atoms with E-state index in [1.807, 2.05) is 0 Å². The molecule has 0 unspecified atom stereocenters. The van der Waals surface area contributed by atoms with E-state index in [2.05, 4.69) is 4.99 Å². The number of methoxy groups -OCH3 is 2. The molecule has 0 saturated carbocycles. The van der Waals surface area contributed by atoms with Gasteiger partial charge in [0.25, 0.3) is 0 Å². The highest BCUT2D eigenvalue weighted by molar-refractivity contribution is 6.16. The Hall–Kier alpha value is -3.49. The zero-order chi connectivity index (χ0) is 21.7. The number of hydrogen-bond acceptors (Lipinski definition) is 6. The number of carbonyl (C=O) groups excluding carboxylic acids is 1. The Labute approximate surface area is 170 Å². The van der Waals surface area contributed by atoms with Gasteiger partial charge in [-0.05, 0) is 29.3 Å². The fourth-order valence-corrected chi connectivity index (χ4v) is 2.80. The lowest BCUT2D eigenvalue weighted by Gasteiger charge is -2.19. The van der Waals surface area contributed by atoms with E-state index >= 15 is 0 Å². The summed E-state index contributed by atoms with van der Waals surface area (Å²) in [7, 11) is 2.66. The zero-order valence-corrected chi connectivity index (χ0v) is 16.2. The third-order valence-corrected chi connectivity index (χ3v) is 4.23. The Morgan fingerprint density at radius 2 is 1.97 bits per heavy atom. The molecule has 0 aromatic heterocycles. The van der Waals surface area contributed by atoms with Gasteiger partial charge in [-0.2, -0.15) is 13.2 Å². The molecule has 2 aromatic rings. The van der Waals surface area contributed by atoms with Crippen LogP contribution < -0.4 is 4.74 Å². The maximum absolute atomic E-state index is 12.9. The summed E-state index contributed by atoms with van der Waals surface area (Å²) >= 11 is 0. The van der Waals surface area contributed by atoms with Crippen LogP contribution in [0, 0.1) is 0 Å². The van der Waals surface area contributed by atoms with Gasteiger partial charge in [-0.3, -0.25) is 0 Å². The third-order valence-electron chi connectivity index (χ3n) is 4.23. The standard InChI is InChI=1S/C21H18F3NO5/c1-27-11-16(20(26)28-2)15-6-4-3-5-13(15)10-30-19-12-29-18-8-7-14(21(22,23)24)9-17(18)25-19/h3-9,11H,10,12H2,1-2H3/b16-11+. The van der Waals surface area contributed by atoms with E-state index in [1.54, 1.807) is 24.3 Å². The normalized spacial score (nSPS) is 13.6. The van der Waals surface area contributed by atoms with Gasteiger partial charge < -0.3 is 18.9 Å². The van der Waals surface area contributed by atoms with Crippen molar-refractivity contribution in [2.45, 2.75) is 12.8 Å². The molecule has 0 fully saturated rings. The molecule has 3 rings (SSSR count). The Bertz CT molecular complexity index is 998. The fourth-order valence-electron chi connectivity index (χ4n) is 2.80. The Morgan fingerprint density at radius 3 is 2.67 bits per heavy atom. The second-order valence-corrected chi connectivity index (χ2v) is 6.18. The molecule has 30 heavy (non-hydrogen) atoms. The van der Waals surface area contributed by atoms with E-state index in [4.69, 9.17) is 18.9 Å². The van der Waals surface area contributed by atoms with Crippen LogP contribution in [0.25, 0.3) is 5.57 Å². The van der Waals surface area contributed by atoms with Crippen molar-refractivity contribution in [2.24, 2.45) is 4.99 Å². The molecule has 0 radical (unpaired) electrons. The molecule has 0 saturated heterocycles. The molecule has 0 spiro atoms. The van der Waals surface area contributed by atoms with Gasteiger partial charge in [-0.15, -0.1) is 0 Å². The van der Waals surface area contributed by atoms with Crippen molar-refractivity contribution in [1.82, 2.24) is 0 Å². The first kappa shape index (κ1) is 21.2. The van der Waals surface area contributed by atoms with Crippen LogP contribution in [0.1, 0.15) is 16.7 Å². The van der Waals surface area contributed by atoms with Gasteiger partial charge in [0.05, 0.1) is 26.0 Å². The Balaban J connectivity index is 1.83. The molecule has 1 aliphatic rings. The summed E-state index contributed by atoms with van der Waals surface area (Å²) in [5, 5.41) is 0. The molecule has 0 atom stereocenters. The number of aliphatic imine (C=N–C) groups is 1. The summed E-state index contributed by atoms with van der Waals surface area (Å²) in [6, 6.07) is 10.0. The summed E-state index contributed by atoms with van der Waals surface area (Å²) < 4.78 is 59.6. The average molecular weight is 421 g/mol. The maximum atomic E-state index is 12.9. The van der Waals surface area contributed by atoms with Crippen molar-refractivity contribution >= 4 is 23.1 Å². The second-order valence-electron chi connectivity index (χ2n) is 6.18. The second kappa shape index (κ2) is 8.89. The molecule has 0 aliphatic carbocycles. The van der Waals surface area contributed by atoms with Gasteiger partial charge in [0.2, 0.25) is 5.90 Å². The van der Waals surface area contributed by atoms with Crippen molar-refractivity contribution in [1.29, 1.82) is 0 Å². The molecule has 0 N–H and O–H groups in total. The minimum absolute atomic E-state index is 0.00467. The third kappa shape index (κ3) is 4.73. The largest absolute Gasteiger partial charge is 0.503 e. The van der Waals surface area contributed by atoms with Crippen molar-refractivity contribution in [2.75, 3.05) is 20.8 Å². The van der Waals surface area contributed by atoms with Gasteiger partial charge in [0, 0.05) is 0 Å². The molecule has 0 amide bonds. The van der Waals surface area contributed by atoms with Crippen LogP contribution in [-0.2, 0) is 31.8 Å².